The molecule has 0 fully saturated rings. The van der Waals surface area contributed by atoms with Crippen molar-refractivity contribution in [2.45, 2.75) is 26.1 Å². The van der Waals surface area contributed by atoms with Crippen molar-refractivity contribution >= 4 is 5.97 Å². The summed E-state index contributed by atoms with van der Waals surface area (Å²) in [5, 5.41) is 17.1. The maximum Gasteiger partial charge on any atom is 0.305 e. The molecule has 0 rings (SSSR count). The molecule has 0 atom stereocenters. The lowest BCUT2D eigenvalue weighted by Gasteiger charge is -2.16. The van der Waals surface area contributed by atoms with Crippen molar-refractivity contribution in [2.75, 3.05) is 6.61 Å². The highest BCUT2D eigenvalue weighted by molar-refractivity contribution is 5.66. The summed E-state index contributed by atoms with van der Waals surface area (Å²) in [6, 6.07) is 0. The van der Waals surface area contributed by atoms with Crippen LogP contribution in [-0.4, -0.2) is 28.6 Å². The average molecular weight is 148 g/mol. The highest BCUT2D eigenvalue weighted by Gasteiger charge is 2.12. The number of carboxylic acid groups (broad SMARTS) is 1. The Kier molecular flexibility index (Phi) is 3.32. The third-order valence-corrected chi connectivity index (χ3v) is 0.771. The molecule has 0 aromatic rings. The molecule has 0 aliphatic carbocycles. The van der Waals surface area contributed by atoms with Crippen molar-refractivity contribution in [1.29, 1.82) is 0 Å². The molecule has 0 aromatic carbocycles. The number of hydrogen-bond acceptors (Lipinski definition) is 3. The molecule has 0 unspecified atom stereocenters. The Morgan fingerprint density at radius 2 is 2.10 bits per heavy atom. The lowest BCUT2D eigenvalue weighted by atomic mass is 10.4. The highest BCUT2D eigenvalue weighted by atomic mass is 16.6. The first-order valence-electron chi connectivity index (χ1n) is 3.00. The maximum absolute atomic E-state index is 9.92. The molecule has 0 radical (unpaired) electrons. The van der Waals surface area contributed by atoms with E-state index in [9.17, 15) is 4.79 Å². The Balaban J connectivity index is 3.29. The zero-order valence-corrected chi connectivity index (χ0v) is 6.13. The Morgan fingerprint density at radius 1 is 1.60 bits per heavy atom. The van der Waals surface area contributed by atoms with E-state index >= 15 is 0 Å². The van der Waals surface area contributed by atoms with Crippen molar-refractivity contribution in [3.8, 4) is 0 Å². The Bertz CT molecular complexity index is 113. The van der Waals surface area contributed by atoms with Crippen molar-refractivity contribution in [2.24, 2.45) is 0 Å². The lowest BCUT2D eigenvalue weighted by Crippen LogP contribution is -2.24. The molecule has 0 saturated heterocycles. The molecule has 0 heterocycles. The molecule has 4 nitrogen and oxygen atoms in total. The molecule has 0 bridgehead atoms. The van der Waals surface area contributed by atoms with Gasteiger partial charge in [0.15, 0.2) is 5.79 Å². The second-order valence-corrected chi connectivity index (χ2v) is 2.44. The fraction of sp³-hybridized carbons (Fsp3) is 0.833. The molecular weight excluding hydrogens is 136 g/mol. The molecule has 10 heavy (non-hydrogen) atoms. The van der Waals surface area contributed by atoms with E-state index in [2.05, 4.69) is 0 Å². The normalized spacial score (nSPS) is 11.5. The second kappa shape index (κ2) is 3.53. The predicted molar refractivity (Wildman–Crippen MR) is 34.5 cm³/mol. The summed E-state index contributed by atoms with van der Waals surface area (Å²) in [5.74, 6) is -2.15. The third-order valence-electron chi connectivity index (χ3n) is 0.771. The van der Waals surface area contributed by atoms with Crippen LogP contribution in [0, 0.1) is 0 Å². The van der Waals surface area contributed by atoms with Crippen LogP contribution < -0.4 is 0 Å². The minimum Gasteiger partial charge on any atom is -0.481 e. The van der Waals surface area contributed by atoms with Crippen molar-refractivity contribution in [3.05, 3.63) is 0 Å². The van der Waals surface area contributed by atoms with Crippen LogP contribution in [0.4, 0.5) is 0 Å². The summed E-state index contributed by atoms with van der Waals surface area (Å²) < 4.78 is 4.71. The van der Waals surface area contributed by atoms with Gasteiger partial charge in [-0.3, -0.25) is 4.79 Å². The van der Waals surface area contributed by atoms with Gasteiger partial charge in [0.05, 0.1) is 13.0 Å². The Labute approximate surface area is 59.4 Å². The summed E-state index contributed by atoms with van der Waals surface area (Å²) >= 11 is 0. The molecule has 0 aromatic heterocycles. The van der Waals surface area contributed by atoms with E-state index in [-0.39, 0.29) is 13.0 Å². The van der Waals surface area contributed by atoms with Crippen LogP contribution in [0.15, 0.2) is 0 Å². The van der Waals surface area contributed by atoms with E-state index in [0.29, 0.717) is 0 Å². The first-order valence-corrected chi connectivity index (χ1v) is 3.00. The number of aliphatic hydroxyl groups is 1. The van der Waals surface area contributed by atoms with Gasteiger partial charge in [-0.1, -0.05) is 0 Å². The monoisotopic (exact) mass is 148 g/mol. The van der Waals surface area contributed by atoms with Crippen LogP contribution in [0.1, 0.15) is 20.3 Å². The molecule has 0 saturated carbocycles. The summed E-state index contributed by atoms with van der Waals surface area (Å²) in [4.78, 5) is 9.92. The topological polar surface area (TPSA) is 66.8 Å². The van der Waals surface area contributed by atoms with Gasteiger partial charge in [0.2, 0.25) is 0 Å². The van der Waals surface area contributed by atoms with Gasteiger partial charge >= 0.3 is 5.97 Å². The van der Waals surface area contributed by atoms with Crippen LogP contribution in [-0.2, 0) is 9.53 Å². The van der Waals surface area contributed by atoms with Crippen LogP contribution in [0.2, 0.25) is 0 Å². The van der Waals surface area contributed by atoms with Gasteiger partial charge in [-0.25, -0.2) is 0 Å². The number of carbonyl (C=O) groups is 1. The van der Waals surface area contributed by atoms with E-state index < -0.39 is 11.8 Å². The Hall–Kier alpha value is -0.610. The molecule has 0 amide bonds. The first-order chi connectivity index (χ1) is 4.42. The van der Waals surface area contributed by atoms with E-state index in [4.69, 9.17) is 14.9 Å². The van der Waals surface area contributed by atoms with Gasteiger partial charge in [0, 0.05) is 0 Å². The second-order valence-electron chi connectivity index (χ2n) is 2.44. The zero-order chi connectivity index (χ0) is 8.20. The molecule has 0 aliphatic rings. The summed E-state index contributed by atoms with van der Waals surface area (Å²) in [5.41, 5.74) is 0. The van der Waals surface area contributed by atoms with E-state index in [1.54, 1.807) is 0 Å². The van der Waals surface area contributed by atoms with Gasteiger partial charge in [0.1, 0.15) is 0 Å². The van der Waals surface area contributed by atoms with Gasteiger partial charge < -0.3 is 14.9 Å². The fourth-order valence-corrected chi connectivity index (χ4v) is 0.388. The molecule has 0 aliphatic heterocycles. The summed E-state index contributed by atoms with van der Waals surface area (Å²) in [6.45, 7) is 2.95. The quantitative estimate of drug-likeness (QED) is 0.559. The van der Waals surface area contributed by atoms with Crippen molar-refractivity contribution in [3.63, 3.8) is 0 Å². The SMILES string of the molecule is CC(C)(O)OCCC(=O)O. The van der Waals surface area contributed by atoms with Crippen molar-refractivity contribution < 1.29 is 19.7 Å². The largest absolute Gasteiger partial charge is 0.481 e. The van der Waals surface area contributed by atoms with Crippen LogP contribution in [0.5, 0.6) is 0 Å². The molecule has 4 heteroatoms. The zero-order valence-electron chi connectivity index (χ0n) is 6.13. The number of carboxylic acids is 1. The average Bonchev–Trinajstić information content (AvgIpc) is 1.59. The predicted octanol–water partition coefficient (Wildman–Crippen LogP) is 0.206. The van der Waals surface area contributed by atoms with Crippen LogP contribution >= 0.6 is 0 Å². The van der Waals surface area contributed by atoms with Crippen LogP contribution in [0.25, 0.3) is 0 Å². The molecule has 60 valence electrons. The lowest BCUT2D eigenvalue weighted by molar-refractivity contribution is -0.179. The van der Waals surface area contributed by atoms with E-state index in [1.807, 2.05) is 0 Å². The summed E-state index contributed by atoms with van der Waals surface area (Å²) in [6.07, 6.45) is -0.0794. The van der Waals surface area contributed by atoms with E-state index in [1.165, 1.54) is 13.8 Å². The highest BCUT2D eigenvalue weighted by Crippen LogP contribution is 2.02. The molecule has 0 spiro atoms. The number of rotatable bonds is 4. The van der Waals surface area contributed by atoms with Gasteiger partial charge in [-0.2, -0.15) is 0 Å². The molecular formula is C6H12O4. The van der Waals surface area contributed by atoms with Gasteiger partial charge in [-0.15, -0.1) is 0 Å². The van der Waals surface area contributed by atoms with Crippen LogP contribution in [0.3, 0.4) is 0 Å². The number of aliphatic carboxylic acids is 1. The standard InChI is InChI=1S/C6H12O4/c1-6(2,9)10-4-3-5(7)8/h9H,3-4H2,1-2H3,(H,7,8). The minimum atomic E-state index is -1.23. The first kappa shape index (κ1) is 9.39. The minimum absolute atomic E-state index is 0.0405. The molecule has 2 N–H and O–H groups in total. The van der Waals surface area contributed by atoms with Gasteiger partial charge in [0.25, 0.3) is 0 Å². The number of hydrogen-bond donors (Lipinski definition) is 2. The maximum atomic E-state index is 9.92. The number of ether oxygens (including phenoxy) is 1. The third kappa shape index (κ3) is 7.39. The smallest absolute Gasteiger partial charge is 0.305 e. The summed E-state index contributed by atoms with van der Waals surface area (Å²) in [7, 11) is 0. The van der Waals surface area contributed by atoms with Gasteiger partial charge in [-0.05, 0) is 13.8 Å². The Morgan fingerprint density at radius 3 is 2.40 bits per heavy atom. The van der Waals surface area contributed by atoms with Crippen molar-refractivity contribution in [1.82, 2.24) is 0 Å². The van der Waals surface area contributed by atoms with E-state index in [0.717, 1.165) is 0 Å². The fourth-order valence-electron chi connectivity index (χ4n) is 0.388.